The molecule has 336 valence electrons. The molecule has 0 aliphatic rings. The first-order chi connectivity index (χ1) is 27.5. The Labute approximate surface area is 353 Å². The van der Waals surface area contributed by atoms with E-state index < -0.39 is 26.6 Å². The van der Waals surface area contributed by atoms with Gasteiger partial charge in [0.15, 0.2) is 0 Å². The van der Waals surface area contributed by atoms with Crippen LogP contribution in [0.1, 0.15) is 213 Å². The van der Waals surface area contributed by atoms with Crippen LogP contribution in [0.2, 0.25) is 0 Å². The molecule has 3 atom stereocenters. The van der Waals surface area contributed by atoms with Crippen molar-refractivity contribution in [3.05, 3.63) is 36.5 Å². The predicted octanol–water partition coefficient (Wildman–Crippen LogP) is 12.8. The van der Waals surface area contributed by atoms with E-state index in [1.165, 1.54) is 148 Å². The van der Waals surface area contributed by atoms with Crippen LogP contribution in [0.3, 0.4) is 0 Å². The highest BCUT2D eigenvalue weighted by atomic mass is 31.2. The summed E-state index contributed by atoms with van der Waals surface area (Å²) in [5.74, 6) is -0.211. The zero-order valence-corrected chi connectivity index (χ0v) is 38.9. The van der Waals surface area contributed by atoms with Crippen molar-refractivity contribution in [3.63, 3.8) is 0 Å². The van der Waals surface area contributed by atoms with E-state index in [4.69, 9.17) is 9.05 Å². The van der Waals surface area contributed by atoms with Gasteiger partial charge >= 0.3 is 0 Å². The largest absolute Gasteiger partial charge is 0.756 e. The average molecular weight is 825 g/mol. The van der Waals surface area contributed by atoms with Gasteiger partial charge in [0.2, 0.25) is 5.91 Å². The number of nitrogens with one attached hydrogen (secondary N) is 1. The molecular weight excluding hydrogens is 732 g/mol. The van der Waals surface area contributed by atoms with E-state index in [-0.39, 0.29) is 12.5 Å². The van der Waals surface area contributed by atoms with Gasteiger partial charge < -0.3 is 28.8 Å². The van der Waals surface area contributed by atoms with Crippen LogP contribution in [-0.4, -0.2) is 68.5 Å². The van der Waals surface area contributed by atoms with Gasteiger partial charge in [0, 0.05) is 6.42 Å². The van der Waals surface area contributed by atoms with E-state index in [0.29, 0.717) is 17.4 Å². The van der Waals surface area contributed by atoms with Crippen molar-refractivity contribution in [3.8, 4) is 0 Å². The number of rotatable bonds is 43. The van der Waals surface area contributed by atoms with Gasteiger partial charge in [-0.1, -0.05) is 198 Å². The Kier molecular flexibility index (Phi) is 39.2. The van der Waals surface area contributed by atoms with Crippen LogP contribution in [-0.2, 0) is 18.4 Å². The van der Waals surface area contributed by atoms with Crippen LogP contribution in [0.4, 0.5) is 0 Å². The first kappa shape index (κ1) is 55.7. The highest BCUT2D eigenvalue weighted by Crippen LogP contribution is 2.38. The number of hydrogen-bond donors (Lipinski definition) is 2. The lowest BCUT2D eigenvalue weighted by atomic mass is 10.0. The molecule has 3 unspecified atom stereocenters. The number of phosphoric ester groups is 1. The second-order valence-electron chi connectivity index (χ2n) is 17.5. The number of unbranched alkanes of at least 4 members (excludes halogenated alkanes) is 26. The van der Waals surface area contributed by atoms with Crippen molar-refractivity contribution < 1.29 is 32.9 Å². The summed E-state index contributed by atoms with van der Waals surface area (Å²) in [6.07, 6.45) is 49.1. The average Bonchev–Trinajstić information content (AvgIpc) is 3.16. The maximum atomic E-state index is 12.9. The molecule has 0 aromatic carbocycles. The van der Waals surface area contributed by atoms with Crippen molar-refractivity contribution in [2.24, 2.45) is 0 Å². The topological polar surface area (TPSA) is 108 Å². The Morgan fingerprint density at radius 3 is 1.42 bits per heavy atom. The van der Waals surface area contributed by atoms with Crippen LogP contribution in [0, 0.1) is 0 Å². The number of quaternary nitrogens is 1. The predicted molar refractivity (Wildman–Crippen MR) is 242 cm³/mol. The van der Waals surface area contributed by atoms with Crippen LogP contribution >= 0.6 is 7.82 Å². The fourth-order valence-electron chi connectivity index (χ4n) is 6.77. The number of aliphatic hydroxyl groups is 1. The van der Waals surface area contributed by atoms with E-state index >= 15 is 0 Å². The van der Waals surface area contributed by atoms with E-state index in [0.717, 1.165) is 44.9 Å². The molecule has 0 aliphatic carbocycles. The lowest BCUT2D eigenvalue weighted by Crippen LogP contribution is -2.45. The third-order valence-corrected chi connectivity index (χ3v) is 11.5. The van der Waals surface area contributed by atoms with Crippen LogP contribution in [0.15, 0.2) is 36.5 Å². The van der Waals surface area contributed by atoms with Gasteiger partial charge in [-0.25, -0.2) is 0 Å². The summed E-state index contributed by atoms with van der Waals surface area (Å²) in [5.41, 5.74) is 0. The number of amides is 1. The third-order valence-electron chi connectivity index (χ3n) is 10.6. The molecule has 1 amide bonds. The van der Waals surface area contributed by atoms with Crippen molar-refractivity contribution >= 4 is 13.7 Å². The van der Waals surface area contributed by atoms with E-state index in [2.05, 4.69) is 43.5 Å². The molecular formula is C48H93N2O6P. The summed E-state index contributed by atoms with van der Waals surface area (Å²) in [5, 5.41) is 13.8. The molecule has 0 aliphatic heterocycles. The summed E-state index contributed by atoms with van der Waals surface area (Å²) < 4.78 is 23.2. The van der Waals surface area contributed by atoms with E-state index in [1.54, 1.807) is 6.08 Å². The normalized spacial score (nSPS) is 14.6. The molecule has 0 spiro atoms. The minimum absolute atomic E-state index is 0.00781. The molecule has 0 bridgehead atoms. The number of phosphoric acid groups is 1. The van der Waals surface area contributed by atoms with Crippen LogP contribution in [0.25, 0.3) is 0 Å². The minimum atomic E-state index is -4.60. The number of hydrogen-bond acceptors (Lipinski definition) is 6. The minimum Gasteiger partial charge on any atom is -0.756 e. The van der Waals surface area contributed by atoms with Crippen LogP contribution in [0.5, 0.6) is 0 Å². The third kappa shape index (κ3) is 42.6. The first-order valence-corrected chi connectivity index (χ1v) is 25.3. The molecule has 0 heterocycles. The van der Waals surface area contributed by atoms with Crippen molar-refractivity contribution in [2.75, 3.05) is 40.9 Å². The second kappa shape index (κ2) is 40.1. The maximum Gasteiger partial charge on any atom is 0.268 e. The molecule has 0 saturated carbocycles. The molecule has 9 heteroatoms. The Morgan fingerprint density at radius 1 is 0.596 bits per heavy atom. The number of likely N-dealkylation sites (N-methyl/N-ethyl adjacent to an activating group) is 1. The molecule has 2 N–H and O–H groups in total. The van der Waals surface area contributed by atoms with Gasteiger partial charge in [0.25, 0.3) is 7.82 Å². The summed E-state index contributed by atoms with van der Waals surface area (Å²) >= 11 is 0. The number of aliphatic hydroxyl groups excluding tert-OH is 1. The van der Waals surface area contributed by atoms with Gasteiger partial charge in [-0.05, 0) is 44.9 Å². The Bertz CT molecular complexity index is 1030. The molecule has 0 aromatic heterocycles. The monoisotopic (exact) mass is 825 g/mol. The molecule has 57 heavy (non-hydrogen) atoms. The summed E-state index contributed by atoms with van der Waals surface area (Å²) in [4.78, 5) is 25.3. The fraction of sp³-hybridized carbons (Fsp3) is 0.854. The molecule has 0 rings (SSSR count). The maximum absolute atomic E-state index is 12.9. The van der Waals surface area contributed by atoms with Gasteiger partial charge in [-0.3, -0.25) is 9.36 Å². The number of allylic oxidation sites excluding steroid dienone is 5. The zero-order chi connectivity index (χ0) is 42.1. The number of carbonyl (C=O) groups is 1. The van der Waals surface area contributed by atoms with Crippen molar-refractivity contribution in [1.29, 1.82) is 0 Å². The summed E-state index contributed by atoms with van der Waals surface area (Å²) in [7, 11) is 1.24. The lowest BCUT2D eigenvalue weighted by molar-refractivity contribution is -0.870. The smallest absolute Gasteiger partial charge is 0.268 e. The fourth-order valence-corrected chi connectivity index (χ4v) is 7.50. The highest BCUT2D eigenvalue weighted by molar-refractivity contribution is 7.45. The lowest BCUT2D eigenvalue weighted by Gasteiger charge is -2.29. The second-order valence-corrected chi connectivity index (χ2v) is 18.9. The van der Waals surface area contributed by atoms with Gasteiger partial charge in [-0.2, -0.15) is 0 Å². The van der Waals surface area contributed by atoms with Crippen LogP contribution < -0.4 is 10.2 Å². The van der Waals surface area contributed by atoms with Gasteiger partial charge in [-0.15, -0.1) is 0 Å². The molecule has 0 aromatic rings. The zero-order valence-electron chi connectivity index (χ0n) is 38.0. The van der Waals surface area contributed by atoms with E-state index in [9.17, 15) is 19.4 Å². The molecule has 0 fully saturated rings. The summed E-state index contributed by atoms with van der Waals surface area (Å²) in [6, 6.07) is -0.905. The van der Waals surface area contributed by atoms with Crippen molar-refractivity contribution in [2.45, 2.75) is 225 Å². The van der Waals surface area contributed by atoms with Crippen molar-refractivity contribution in [1.82, 2.24) is 5.32 Å². The number of nitrogens with zero attached hydrogens (tertiary/aromatic N) is 1. The molecule has 0 radical (unpaired) electrons. The Morgan fingerprint density at radius 2 is 0.982 bits per heavy atom. The molecule has 0 saturated heterocycles. The SMILES string of the molecule is CCCCCCCCCCCCC/C=C/CC/C=C/CC/C=C/C(O)C(COP(=O)([O-])OCC[N+](C)(C)C)NC(=O)CCCCCCCCCCCCCCCC. The Balaban J connectivity index is 4.43. The first-order valence-electron chi connectivity index (χ1n) is 23.9. The van der Waals surface area contributed by atoms with Gasteiger partial charge in [0.1, 0.15) is 13.2 Å². The standard InChI is InChI=1S/C48H93N2O6P/c1-6-8-10-12-14-16-18-20-22-23-24-25-26-27-28-29-31-33-35-37-39-41-47(51)46(45-56-57(53,54)55-44-43-50(3,4)5)49-48(52)42-40-38-36-34-32-30-21-19-17-15-13-11-9-7-2/h26-27,31,33,39,41,46-47,51H,6-25,28-30,32,34-38,40,42-45H2,1-5H3,(H-,49,52,53,54)/b27-26+,33-31+,41-39+. The quantitative estimate of drug-likeness (QED) is 0.0274. The Hall–Kier alpha value is -1.28. The van der Waals surface area contributed by atoms with E-state index in [1.807, 2.05) is 27.2 Å². The number of carbonyl (C=O) groups excluding carboxylic acids is 1. The highest BCUT2D eigenvalue weighted by Gasteiger charge is 2.23. The molecule has 8 nitrogen and oxygen atoms in total. The van der Waals surface area contributed by atoms with Gasteiger partial charge in [0.05, 0.1) is 39.9 Å². The summed E-state index contributed by atoms with van der Waals surface area (Å²) in [6.45, 7) is 4.62.